The second-order valence-corrected chi connectivity index (χ2v) is 9.93. The number of aryl methyl sites for hydroxylation is 2. The molecule has 0 fully saturated rings. The van der Waals surface area contributed by atoms with Gasteiger partial charge in [-0.2, -0.15) is 0 Å². The molecule has 0 amide bonds. The molecule has 29 heavy (non-hydrogen) atoms. The first-order valence-corrected chi connectivity index (χ1v) is 12.1. The van der Waals surface area contributed by atoms with Crippen LogP contribution in [-0.4, -0.2) is 44.2 Å². The van der Waals surface area contributed by atoms with E-state index < -0.39 is 9.84 Å². The molecule has 1 aromatic carbocycles. The van der Waals surface area contributed by atoms with Gasteiger partial charge in [0.1, 0.15) is 0 Å². The molecule has 1 heterocycles. The molecule has 0 bridgehead atoms. The summed E-state index contributed by atoms with van der Waals surface area (Å²) < 4.78 is 25.3. The fraction of sp³-hybridized carbons (Fsp3) is 0.500. The number of rotatable bonds is 9. The number of benzene rings is 1. The lowest BCUT2D eigenvalue weighted by atomic mass is 10.3. The summed E-state index contributed by atoms with van der Waals surface area (Å²) >= 11 is 1.70. The van der Waals surface area contributed by atoms with Gasteiger partial charge in [0.05, 0.1) is 21.3 Å². The highest BCUT2D eigenvalue weighted by Crippen LogP contribution is 2.16. The topological polar surface area (TPSA) is 83.4 Å². The summed E-state index contributed by atoms with van der Waals surface area (Å²) in [5.41, 5.74) is 1.08. The number of guanidine groups is 1. The molecule has 1 aromatic heterocycles. The summed E-state index contributed by atoms with van der Waals surface area (Å²) in [5, 5.41) is 7.56. The predicted octanol–water partition coefficient (Wildman–Crippen LogP) is 3.73. The molecule has 2 rings (SSSR count). The summed E-state index contributed by atoms with van der Waals surface area (Å²) in [7, 11) is -3.35. The highest BCUT2D eigenvalue weighted by molar-refractivity contribution is 14.0. The van der Waals surface area contributed by atoms with E-state index in [0.717, 1.165) is 17.1 Å². The van der Waals surface area contributed by atoms with Gasteiger partial charge in [-0.15, -0.1) is 35.3 Å². The highest BCUT2D eigenvalue weighted by Gasteiger charge is 2.21. The lowest BCUT2D eigenvalue weighted by molar-refractivity contribution is 0.569. The monoisotopic (exact) mass is 550 g/mol. The Morgan fingerprint density at radius 3 is 2.45 bits per heavy atom. The molecule has 0 radical (unpaired) electrons. The van der Waals surface area contributed by atoms with E-state index in [1.807, 2.05) is 26.8 Å². The Hall–Kier alpha value is -1.20. The van der Waals surface area contributed by atoms with Crippen LogP contribution in [0, 0.1) is 13.8 Å². The Bertz CT molecular complexity index is 864. The number of aliphatic imine (C=N–C) groups is 1. The second kappa shape index (κ2) is 12.5. The van der Waals surface area contributed by atoms with Crippen LogP contribution in [0.1, 0.15) is 35.8 Å². The zero-order valence-electron chi connectivity index (χ0n) is 17.4. The van der Waals surface area contributed by atoms with Gasteiger partial charge in [0.15, 0.2) is 15.8 Å². The minimum Gasteiger partial charge on any atom is -0.357 e. The second-order valence-electron chi connectivity index (χ2n) is 6.60. The fourth-order valence-corrected chi connectivity index (χ4v) is 5.21. The van der Waals surface area contributed by atoms with Gasteiger partial charge in [0.25, 0.3) is 0 Å². The van der Waals surface area contributed by atoms with Gasteiger partial charge < -0.3 is 10.6 Å². The molecule has 0 saturated heterocycles. The van der Waals surface area contributed by atoms with Crippen molar-refractivity contribution in [2.45, 2.75) is 51.5 Å². The van der Waals surface area contributed by atoms with Gasteiger partial charge in [-0.05, 0) is 39.3 Å². The van der Waals surface area contributed by atoms with E-state index in [0.29, 0.717) is 30.4 Å². The van der Waals surface area contributed by atoms with Gasteiger partial charge in [-0.25, -0.2) is 13.4 Å². The Kier molecular flexibility index (Phi) is 11.1. The highest BCUT2D eigenvalue weighted by atomic mass is 127. The van der Waals surface area contributed by atoms with Gasteiger partial charge in [-0.1, -0.05) is 25.1 Å². The van der Waals surface area contributed by atoms with Crippen LogP contribution in [0.15, 0.2) is 40.2 Å². The average molecular weight is 551 g/mol. The summed E-state index contributed by atoms with van der Waals surface area (Å²) in [5.74, 6) is 0.672. The Morgan fingerprint density at radius 1 is 1.21 bits per heavy atom. The first-order chi connectivity index (χ1) is 13.4. The Balaban J connectivity index is 0.00000420. The minimum absolute atomic E-state index is 0. The molecule has 0 saturated carbocycles. The standard InChI is InChI=1S/C20H30N4O2S2.HI/c1-5-17(14-28(25,26)18-10-8-7-9-11-18)24-20(21-6-2)22-13-12-19-23-15(3)16(4)27-19;/h7-11,17H,5-6,12-14H2,1-4H3,(H2,21,22,24);1H. The van der Waals surface area contributed by atoms with E-state index >= 15 is 0 Å². The van der Waals surface area contributed by atoms with Crippen molar-refractivity contribution in [2.75, 3.05) is 18.8 Å². The van der Waals surface area contributed by atoms with Gasteiger partial charge >= 0.3 is 0 Å². The molecular weight excluding hydrogens is 519 g/mol. The van der Waals surface area contributed by atoms with Crippen molar-refractivity contribution in [3.05, 3.63) is 45.9 Å². The fourth-order valence-electron chi connectivity index (χ4n) is 2.67. The molecule has 1 unspecified atom stereocenters. The number of thiazole rings is 1. The third-order valence-corrected chi connectivity index (χ3v) is 7.33. The van der Waals surface area contributed by atoms with E-state index in [1.165, 1.54) is 4.88 Å². The maximum absolute atomic E-state index is 12.7. The van der Waals surface area contributed by atoms with Crippen LogP contribution in [0.5, 0.6) is 0 Å². The van der Waals surface area contributed by atoms with Crippen LogP contribution in [-0.2, 0) is 16.3 Å². The number of hydrogen-bond acceptors (Lipinski definition) is 5. The zero-order chi connectivity index (χ0) is 20.6. The largest absolute Gasteiger partial charge is 0.357 e. The normalized spacial score (nSPS) is 12.9. The number of halogens is 1. The summed E-state index contributed by atoms with van der Waals surface area (Å²) in [6, 6.07) is 8.37. The quantitative estimate of drug-likeness (QED) is 0.283. The van der Waals surface area contributed by atoms with E-state index in [-0.39, 0.29) is 35.8 Å². The molecule has 0 aliphatic carbocycles. The lowest BCUT2D eigenvalue weighted by Gasteiger charge is -2.20. The predicted molar refractivity (Wildman–Crippen MR) is 132 cm³/mol. The minimum atomic E-state index is -3.35. The van der Waals surface area contributed by atoms with Crippen LogP contribution in [0.3, 0.4) is 0 Å². The van der Waals surface area contributed by atoms with Crippen molar-refractivity contribution in [2.24, 2.45) is 4.99 Å². The molecule has 0 spiro atoms. The van der Waals surface area contributed by atoms with Crippen molar-refractivity contribution >= 4 is 51.1 Å². The maximum atomic E-state index is 12.7. The first-order valence-electron chi connectivity index (χ1n) is 9.61. The van der Waals surface area contributed by atoms with E-state index in [9.17, 15) is 8.42 Å². The third-order valence-electron chi connectivity index (χ3n) is 4.37. The number of nitrogens with zero attached hydrogens (tertiary/aromatic N) is 2. The molecule has 0 aliphatic rings. The number of aromatic nitrogens is 1. The molecule has 9 heteroatoms. The van der Waals surface area contributed by atoms with E-state index in [2.05, 4.69) is 27.5 Å². The Labute approximate surface area is 195 Å². The molecule has 162 valence electrons. The van der Waals surface area contributed by atoms with Crippen LogP contribution >= 0.6 is 35.3 Å². The molecule has 6 nitrogen and oxygen atoms in total. The maximum Gasteiger partial charge on any atom is 0.191 e. The molecular formula is C20H31IN4O2S2. The molecule has 0 aliphatic heterocycles. The molecule has 2 N–H and O–H groups in total. The Morgan fingerprint density at radius 2 is 1.90 bits per heavy atom. The smallest absolute Gasteiger partial charge is 0.191 e. The van der Waals surface area contributed by atoms with Crippen LogP contribution in [0.2, 0.25) is 0 Å². The number of hydrogen-bond donors (Lipinski definition) is 2. The van der Waals surface area contributed by atoms with Gasteiger partial charge in [0, 0.05) is 30.4 Å². The van der Waals surface area contributed by atoms with E-state index in [1.54, 1.807) is 35.6 Å². The summed E-state index contributed by atoms with van der Waals surface area (Å²) in [6.07, 6.45) is 1.45. The lowest BCUT2D eigenvalue weighted by Crippen LogP contribution is -2.46. The number of nitrogens with one attached hydrogen (secondary N) is 2. The van der Waals surface area contributed by atoms with Crippen LogP contribution < -0.4 is 10.6 Å². The number of sulfone groups is 1. The summed E-state index contributed by atoms with van der Waals surface area (Å²) in [4.78, 5) is 10.7. The first kappa shape index (κ1) is 25.8. The molecule has 2 aromatic rings. The van der Waals surface area contributed by atoms with Crippen molar-refractivity contribution in [1.29, 1.82) is 0 Å². The van der Waals surface area contributed by atoms with Crippen molar-refractivity contribution in [1.82, 2.24) is 15.6 Å². The van der Waals surface area contributed by atoms with Gasteiger partial charge in [-0.3, -0.25) is 4.99 Å². The SMILES string of the molecule is CCNC(=NCCc1nc(C)c(C)s1)NC(CC)CS(=O)(=O)c1ccccc1.I. The molecule has 1 atom stereocenters. The van der Waals surface area contributed by atoms with E-state index in [4.69, 9.17) is 0 Å². The van der Waals surface area contributed by atoms with Crippen LogP contribution in [0.25, 0.3) is 0 Å². The zero-order valence-corrected chi connectivity index (χ0v) is 21.4. The van der Waals surface area contributed by atoms with Gasteiger partial charge in [0.2, 0.25) is 0 Å². The van der Waals surface area contributed by atoms with Crippen LogP contribution in [0.4, 0.5) is 0 Å². The average Bonchev–Trinajstić information content (AvgIpc) is 2.99. The van der Waals surface area contributed by atoms with Crippen molar-refractivity contribution in [3.63, 3.8) is 0 Å². The summed E-state index contributed by atoms with van der Waals surface area (Å²) in [6.45, 7) is 9.37. The van der Waals surface area contributed by atoms with Crippen molar-refractivity contribution < 1.29 is 8.42 Å². The van der Waals surface area contributed by atoms with Crippen molar-refractivity contribution in [3.8, 4) is 0 Å². The third kappa shape index (κ3) is 8.21.